The quantitative estimate of drug-likeness (QED) is 0.169. The Morgan fingerprint density at radius 1 is 0.383 bits per heavy atom. The molecule has 0 aliphatic carbocycles. The standard InChI is InChI=1S/C55H33N3OS/c1-3-13-34(14-4-1)38-29-30-44-48(32-38)56-52(53-51(44)45-20-7-9-23-49(45)59-53)36-25-27-37(28-26-36)55-57-46(35-15-5-2-6-16-35)33-47(58-55)40-18-11-17-39(31-40)41-21-12-22-43-42-19-8-10-24-50(42)60-54(41)43/h1-33H. The van der Waals surface area contributed by atoms with Crippen molar-refractivity contribution in [3.8, 4) is 67.4 Å². The number of pyridine rings is 1. The molecule has 0 atom stereocenters. The largest absolute Gasteiger partial charge is 0.454 e. The number of rotatable bonds is 6. The summed E-state index contributed by atoms with van der Waals surface area (Å²) in [5.74, 6) is 0.655. The molecule has 0 fully saturated rings. The molecule has 0 radical (unpaired) electrons. The highest BCUT2D eigenvalue weighted by Gasteiger charge is 2.19. The summed E-state index contributed by atoms with van der Waals surface area (Å²) < 4.78 is 9.19. The van der Waals surface area contributed by atoms with E-state index in [9.17, 15) is 0 Å². The molecule has 0 aliphatic rings. The SMILES string of the molecule is c1ccc(-c2ccc3c(c2)nc(-c2ccc(-c4nc(-c5ccccc5)cc(-c5cccc(-c6cccc7c6sc6ccccc67)c5)n4)cc2)c2oc4ccccc4c23)cc1. The average Bonchev–Trinajstić information content (AvgIpc) is 3.91. The van der Waals surface area contributed by atoms with Crippen molar-refractivity contribution in [1.29, 1.82) is 0 Å². The van der Waals surface area contributed by atoms with Crippen LogP contribution in [0.1, 0.15) is 0 Å². The summed E-state index contributed by atoms with van der Waals surface area (Å²) in [5, 5.41) is 5.80. The van der Waals surface area contributed by atoms with Gasteiger partial charge in [-0.15, -0.1) is 11.3 Å². The molecular weight excluding hydrogens is 751 g/mol. The van der Waals surface area contributed by atoms with E-state index in [1.807, 2.05) is 35.6 Å². The zero-order valence-corrected chi connectivity index (χ0v) is 33.0. The number of thiophene rings is 1. The van der Waals surface area contributed by atoms with E-state index < -0.39 is 0 Å². The fraction of sp³-hybridized carbons (Fsp3) is 0. The maximum Gasteiger partial charge on any atom is 0.162 e. The summed E-state index contributed by atoms with van der Waals surface area (Å²) in [5.41, 5.74) is 13.7. The third kappa shape index (κ3) is 5.78. The van der Waals surface area contributed by atoms with Crippen molar-refractivity contribution in [2.24, 2.45) is 0 Å². The van der Waals surface area contributed by atoms with Crippen molar-refractivity contribution >= 4 is 64.4 Å². The molecule has 0 aliphatic heterocycles. The zero-order chi connectivity index (χ0) is 39.6. The third-order valence-electron chi connectivity index (χ3n) is 11.5. The van der Waals surface area contributed by atoms with Crippen LogP contribution in [0.15, 0.2) is 205 Å². The number of furan rings is 1. The molecule has 0 spiro atoms. The predicted octanol–water partition coefficient (Wildman–Crippen LogP) is 15.3. The first-order valence-electron chi connectivity index (χ1n) is 20.1. The third-order valence-corrected chi connectivity index (χ3v) is 12.7. The van der Waals surface area contributed by atoms with Crippen LogP contribution in [-0.4, -0.2) is 15.0 Å². The molecule has 12 rings (SSSR count). The number of fused-ring (bicyclic) bond motifs is 8. The van der Waals surface area contributed by atoms with Crippen LogP contribution in [0.2, 0.25) is 0 Å². The van der Waals surface area contributed by atoms with E-state index in [0.29, 0.717) is 5.82 Å². The minimum atomic E-state index is 0.655. The van der Waals surface area contributed by atoms with Gasteiger partial charge in [0.15, 0.2) is 11.4 Å². The van der Waals surface area contributed by atoms with Crippen LogP contribution in [0.3, 0.4) is 0 Å². The summed E-state index contributed by atoms with van der Waals surface area (Å²) in [4.78, 5) is 15.7. The highest BCUT2D eigenvalue weighted by molar-refractivity contribution is 7.26. The Labute approximate surface area is 349 Å². The molecule has 4 nitrogen and oxygen atoms in total. The summed E-state index contributed by atoms with van der Waals surface area (Å²) in [6, 6.07) is 70.1. The van der Waals surface area contributed by atoms with Gasteiger partial charge in [0.25, 0.3) is 0 Å². The number of hydrogen-bond acceptors (Lipinski definition) is 5. The topological polar surface area (TPSA) is 51.8 Å². The lowest BCUT2D eigenvalue weighted by Gasteiger charge is -2.12. The van der Waals surface area contributed by atoms with Crippen molar-refractivity contribution in [3.05, 3.63) is 200 Å². The molecule has 0 saturated heterocycles. The van der Waals surface area contributed by atoms with Crippen molar-refractivity contribution in [3.63, 3.8) is 0 Å². The Kier molecular flexibility index (Phi) is 8.00. The summed E-state index contributed by atoms with van der Waals surface area (Å²) in [6.07, 6.45) is 0. The minimum absolute atomic E-state index is 0.655. The van der Waals surface area contributed by atoms with E-state index in [2.05, 4.69) is 176 Å². The van der Waals surface area contributed by atoms with Gasteiger partial charge in [-0.1, -0.05) is 170 Å². The van der Waals surface area contributed by atoms with Crippen LogP contribution < -0.4 is 0 Å². The van der Waals surface area contributed by atoms with E-state index in [0.717, 1.165) is 88.9 Å². The maximum absolute atomic E-state index is 6.60. The van der Waals surface area contributed by atoms with Crippen molar-refractivity contribution < 1.29 is 4.42 Å². The second kappa shape index (κ2) is 14.0. The van der Waals surface area contributed by atoms with Gasteiger partial charge in [0, 0.05) is 58.6 Å². The van der Waals surface area contributed by atoms with Gasteiger partial charge < -0.3 is 4.42 Å². The summed E-state index contributed by atoms with van der Waals surface area (Å²) >= 11 is 1.85. The van der Waals surface area contributed by atoms with Gasteiger partial charge in [0.05, 0.1) is 16.9 Å². The van der Waals surface area contributed by atoms with Crippen LogP contribution in [0, 0.1) is 0 Å². The number of hydrogen-bond donors (Lipinski definition) is 0. The lowest BCUT2D eigenvalue weighted by Crippen LogP contribution is -1.96. The van der Waals surface area contributed by atoms with E-state index >= 15 is 0 Å². The van der Waals surface area contributed by atoms with Crippen molar-refractivity contribution in [2.45, 2.75) is 0 Å². The molecule has 60 heavy (non-hydrogen) atoms. The van der Waals surface area contributed by atoms with Crippen LogP contribution >= 0.6 is 11.3 Å². The number of para-hydroxylation sites is 1. The van der Waals surface area contributed by atoms with Crippen LogP contribution in [0.5, 0.6) is 0 Å². The average molecular weight is 784 g/mol. The van der Waals surface area contributed by atoms with Crippen molar-refractivity contribution in [1.82, 2.24) is 15.0 Å². The number of nitrogens with zero attached hydrogens (tertiary/aromatic N) is 3. The fourth-order valence-corrected chi connectivity index (χ4v) is 9.81. The second-order valence-electron chi connectivity index (χ2n) is 15.1. The van der Waals surface area contributed by atoms with Gasteiger partial charge in [-0.3, -0.25) is 0 Å². The van der Waals surface area contributed by atoms with Crippen LogP contribution in [-0.2, 0) is 0 Å². The monoisotopic (exact) mass is 783 g/mol. The van der Waals surface area contributed by atoms with Gasteiger partial charge in [0.2, 0.25) is 0 Å². The highest BCUT2D eigenvalue weighted by atomic mass is 32.1. The number of aromatic nitrogens is 3. The van der Waals surface area contributed by atoms with E-state index in [4.69, 9.17) is 19.4 Å². The maximum atomic E-state index is 6.60. The van der Waals surface area contributed by atoms with Gasteiger partial charge in [-0.2, -0.15) is 0 Å². The van der Waals surface area contributed by atoms with Gasteiger partial charge in [-0.25, -0.2) is 15.0 Å². The molecule has 0 amide bonds. The lowest BCUT2D eigenvalue weighted by molar-refractivity contribution is 0.669. The molecule has 12 aromatic rings. The van der Waals surface area contributed by atoms with Crippen molar-refractivity contribution in [2.75, 3.05) is 0 Å². The first kappa shape index (κ1) is 34.3. The molecule has 0 bridgehead atoms. The Hall–Kier alpha value is -7.73. The Morgan fingerprint density at radius 2 is 1.02 bits per heavy atom. The minimum Gasteiger partial charge on any atom is -0.454 e. The summed E-state index contributed by atoms with van der Waals surface area (Å²) in [6.45, 7) is 0. The Balaban J connectivity index is 0.980. The first-order chi connectivity index (χ1) is 29.7. The molecule has 0 unspecified atom stereocenters. The molecule has 8 aromatic carbocycles. The van der Waals surface area contributed by atoms with Crippen LogP contribution in [0.4, 0.5) is 0 Å². The predicted molar refractivity (Wildman–Crippen MR) is 250 cm³/mol. The van der Waals surface area contributed by atoms with Gasteiger partial charge in [-0.05, 0) is 52.6 Å². The zero-order valence-electron chi connectivity index (χ0n) is 32.2. The van der Waals surface area contributed by atoms with E-state index in [1.54, 1.807) is 0 Å². The second-order valence-corrected chi connectivity index (χ2v) is 16.2. The smallest absolute Gasteiger partial charge is 0.162 e. The van der Waals surface area contributed by atoms with Gasteiger partial charge in [0.1, 0.15) is 11.3 Å². The normalized spacial score (nSPS) is 11.7. The molecular formula is C55H33N3OS. The molecule has 5 heteroatoms. The van der Waals surface area contributed by atoms with E-state index in [1.165, 1.54) is 25.7 Å². The first-order valence-corrected chi connectivity index (χ1v) is 20.9. The number of benzene rings is 8. The molecule has 0 N–H and O–H groups in total. The van der Waals surface area contributed by atoms with Crippen LogP contribution in [0.25, 0.3) is 120 Å². The van der Waals surface area contributed by atoms with Gasteiger partial charge >= 0.3 is 0 Å². The molecule has 0 saturated carbocycles. The molecule has 4 aromatic heterocycles. The highest BCUT2D eigenvalue weighted by Crippen LogP contribution is 2.42. The lowest BCUT2D eigenvalue weighted by atomic mass is 9.98. The molecule has 4 heterocycles. The summed E-state index contributed by atoms with van der Waals surface area (Å²) in [7, 11) is 0. The van der Waals surface area contributed by atoms with E-state index in [-0.39, 0.29) is 0 Å². The Morgan fingerprint density at radius 3 is 1.85 bits per heavy atom. The Bertz CT molecular complexity index is 3590. The molecule has 280 valence electrons. The fourth-order valence-electron chi connectivity index (χ4n) is 8.57.